The van der Waals surface area contributed by atoms with Crippen LogP contribution in [0.2, 0.25) is 5.02 Å². The third-order valence-electron chi connectivity index (χ3n) is 4.70. The quantitative estimate of drug-likeness (QED) is 0.784. The van der Waals surface area contributed by atoms with E-state index in [0.717, 1.165) is 45.0 Å². The molecule has 1 amide bonds. The SMILES string of the molecule is O=C(CCN1CCN(C/C=C/c2ccccc2)CC1)Nc1cccc(Cl)c1. The van der Waals surface area contributed by atoms with Crippen molar-refractivity contribution in [3.8, 4) is 0 Å². The van der Waals surface area contributed by atoms with Crippen LogP contribution in [0.25, 0.3) is 6.08 Å². The molecule has 5 heteroatoms. The van der Waals surface area contributed by atoms with Gasteiger partial charge in [0.1, 0.15) is 0 Å². The Labute approximate surface area is 166 Å². The highest BCUT2D eigenvalue weighted by Crippen LogP contribution is 2.15. The van der Waals surface area contributed by atoms with E-state index in [-0.39, 0.29) is 5.91 Å². The van der Waals surface area contributed by atoms with Gasteiger partial charge in [0.15, 0.2) is 0 Å². The van der Waals surface area contributed by atoms with Crippen LogP contribution in [-0.4, -0.2) is 55.0 Å². The molecule has 4 nitrogen and oxygen atoms in total. The Morgan fingerprint density at radius 3 is 2.48 bits per heavy atom. The molecule has 142 valence electrons. The van der Waals surface area contributed by atoms with Crippen molar-refractivity contribution in [1.29, 1.82) is 0 Å². The van der Waals surface area contributed by atoms with Crippen molar-refractivity contribution >= 4 is 29.3 Å². The number of anilines is 1. The van der Waals surface area contributed by atoms with Crippen LogP contribution in [0.15, 0.2) is 60.7 Å². The Kier molecular flexibility index (Phi) is 7.45. The molecule has 1 aliphatic rings. The first-order valence-electron chi connectivity index (χ1n) is 9.41. The van der Waals surface area contributed by atoms with E-state index in [4.69, 9.17) is 11.6 Å². The zero-order chi connectivity index (χ0) is 18.9. The summed E-state index contributed by atoms with van der Waals surface area (Å²) in [7, 11) is 0. The number of carbonyl (C=O) groups is 1. The van der Waals surface area contributed by atoms with Crippen molar-refractivity contribution in [1.82, 2.24) is 9.80 Å². The van der Waals surface area contributed by atoms with Gasteiger partial charge >= 0.3 is 0 Å². The molecule has 1 fully saturated rings. The number of hydrogen-bond acceptors (Lipinski definition) is 3. The molecule has 1 aliphatic heterocycles. The van der Waals surface area contributed by atoms with Crippen molar-refractivity contribution in [3.05, 3.63) is 71.3 Å². The molecule has 0 aliphatic carbocycles. The molecule has 0 radical (unpaired) electrons. The number of nitrogens with one attached hydrogen (secondary N) is 1. The van der Waals surface area contributed by atoms with Crippen LogP contribution in [0.1, 0.15) is 12.0 Å². The fourth-order valence-electron chi connectivity index (χ4n) is 3.15. The highest BCUT2D eigenvalue weighted by atomic mass is 35.5. The zero-order valence-corrected chi connectivity index (χ0v) is 16.2. The van der Waals surface area contributed by atoms with Crippen molar-refractivity contribution in [2.24, 2.45) is 0 Å². The van der Waals surface area contributed by atoms with Crippen LogP contribution in [0, 0.1) is 0 Å². The van der Waals surface area contributed by atoms with Gasteiger partial charge in [-0.3, -0.25) is 9.69 Å². The average molecular weight is 384 g/mol. The Hall–Kier alpha value is -2.14. The van der Waals surface area contributed by atoms with E-state index in [1.807, 2.05) is 18.2 Å². The summed E-state index contributed by atoms with van der Waals surface area (Å²) in [5.74, 6) is 0.0329. The lowest BCUT2D eigenvalue weighted by Crippen LogP contribution is -2.46. The van der Waals surface area contributed by atoms with E-state index in [1.54, 1.807) is 12.1 Å². The Bertz CT molecular complexity index is 755. The van der Waals surface area contributed by atoms with Crippen LogP contribution in [0.3, 0.4) is 0 Å². The number of halogens is 1. The molecule has 0 spiro atoms. The van der Waals surface area contributed by atoms with Crippen LogP contribution >= 0.6 is 11.6 Å². The maximum Gasteiger partial charge on any atom is 0.225 e. The molecule has 1 heterocycles. The van der Waals surface area contributed by atoms with Gasteiger partial charge in [-0.2, -0.15) is 0 Å². The second-order valence-corrected chi connectivity index (χ2v) is 7.20. The lowest BCUT2D eigenvalue weighted by Gasteiger charge is -2.34. The van der Waals surface area contributed by atoms with Crippen molar-refractivity contribution < 1.29 is 4.79 Å². The number of piperazine rings is 1. The Morgan fingerprint density at radius 2 is 1.74 bits per heavy atom. The topological polar surface area (TPSA) is 35.6 Å². The van der Waals surface area contributed by atoms with Crippen molar-refractivity contribution in [2.45, 2.75) is 6.42 Å². The highest BCUT2D eigenvalue weighted by Gasteiger charge is 2.16. The second-order valence-electron chi connectivity index (χ2n) is 6.76. The number of benzene rings is 2. The molecular formula is C22H26ClN3O. The largest absolute Gasteiger partial charge is 0.326 e. The molecule has 2 aromatic carbocycles. The number of hydrogen-bond donors (Lipinski definition) is 1. The van der Waals surface area contributed by atoms with Gasteiger partial charge in [-0.1, -0.05) is 60.2 Å². The number of amides is 1. The summed E-state index contributed by atoms with van der Waals surface area (Å²) in [5, 5.41) is 3.53. The van der Waals surface area contributed by atoms with Gasteiger partial charge in [-0.05, 0) is 23.8 Å². The fourth-order valence-corrected chi connectivity index (χ4v) is 3.34. The lowest BCUT2D eigenvalue weighted by atomic mass is 10.2. The van der Waals surface area contributed by atoms with Gasteiger partial charge in [0.2, 0.25) is 5.91 Å². The van der Waals surface area contributed by atoms with E-state index in [2.05, 4.69) is 51.5 Å². The van der Waals surface area contributed by atoms with E-state index in [1.165, 1.54) is 5.56 Å². The summed E-state index contributed by atoms with van der Waals surface area (Å²) in [4.78, 5) is 16.9. The predicted octanol–water partition coefficient (Wildman–Crippen LogP) is 4.00. The maximum absolute atomic E-state index is 12.1. The minimum atomic E-state index is 0.0329. The molecular weight excluding hydrogens is 358 g/mol. The summed E-state index contributed by atoms with van der Waals surface area (Å²) in [6.45, 7) is 5.84. The van der Waals surface area contributed by atoms with Gasteiger partial charge in [0.05, 0.1) is 0 Å². The summed E-state index contributed by atoms with van der Waals surface area (Å²) in [6, 6.07) is 17.6. The Morgan fingerprint density at radius 1 is 1.00 bits per heavy atom. The first-order valence-corrected chi connectivity index (χ1v) is 9.78. The van der Waals surface area contributed by atoms with Crippen molar-refractivity contribution in [2.75, 3.05) is 44.6 Å². The molecule has 0 atom stereocenters. The minimum absolute atomic E-state index is 0.0329. The van der Waals surface area contributed by atoms with Crippen LogP contribution < -0.4 is 5.32 Å². The standard InChI is InChI=1S/C22H26ClN3O/c23-20-9-4-10-21(18-20)24-22(27)11-13-26-16-14-25(15-17-26)12-5-8-19-6-2-1-3-7-19/h1-10,18H,11-17H2,(H,24,27)/b8-5+. The first-order chi connectivity index (χ1) is 13.2. The van der Waals surface area contributed by atoms with Gasteiger partial charge in [0.25, 0.3) is 0 Å². The van der Waals surface area contributed by atoms with Gasteiger partial charge in [-0.15, -0.1) is 0 Å². The molecule has 1 N–H and O–H groups in total. The van der Waals surface area contributed by atoms with E-state index in [0.29, 0.717) is 11.4 Å². The van der Waals surface area contributed by atoms with E-state index >= 15 is 0 Å². The smallest absolute Gasteiger partial charge is 0.225 e. The van der Waals surface area contributed by atoms with Crippen LogP contribution in [0.5, 0.6) is 0 Å². The van der Waals surface area contributed by atoms with Gasteiger partial charge in [0, 0.05) is 56.4 Å². The monoisotopic (exact) mass is 383 g/mol. The molecule has 0 aromatic heterocycles. The fraction of sp³-hybridized carbons (Fsp3) is 0.318. The van der Waals surface area contributed by atoms with E-state index in [9.17, 15) is 4.79 Å². The molecule has 2 aromatic rings. The Balaban J connectivity index is 1.33. The molecule has 0 unspecified atom stereocenters. The lowest BCUT2D eigenvalue weighted by molar-refractivity contribution is -0.116. The van der Waals surface area contributed by atoms with E-state index < -0.39 is 0 Å². The van der Waals surface area contributed by atoms with Gasteiger partial charge < -0.3 is 10.2 Å². The third-order valence-corrected chi connectivity index (χ3v) is 4.94. The normalized spacial score (nSPS) is 15.9. The number of carbonyl (C=O) groups excluding carboxylic acids is 1. The number of rotatable bonds is 7. The predicted molar refractivity (Wildman–Crippen MR) is 113 cm³/mol. The molecule has 27 heavy (non-hydrogen) atoms. The van der Waals surface area contributed by atoms with Crippen molar-refractivity contribution in [3.63, 3.8) is 0 Å². The average Bonchev–Trinajstić information content (AvgIpc) is 2.68. The van der Waals surface area contributed by atoms with Crippen LogP contribution in [0.4, 0.5) is 5.69 Å². The molecule has 1 saturated heterocycles. The minimum Gasteiger partial charge on any atom is -0.326 e. The second kappa shape index (κ2) is 10.3. The summed E-state index contributed by atoms with van der Waals surface area (Å²) in [5.41, 5.74) is 1.99. The van der Waals surface area contributed by atoms with Gasteiger partial charge in [-0.25, -0.2) is 0 Å². The first kappa shape index (κ1) is 19.6. The molecule has 0 saturated carbocycles. The summed E-state index contributed by atoms with van der Waals surface area (Å²) in [6.07, 6.45) is 4.90. The highest BCUT2D eigenvalue weighted by molar-refractivity contribution is 6.30. The third kappa shape index (κ3) is 6.83. The molecule has 3 rings (SSSR count). The maximum atomic E-state index is 12.1. The zero-order valence-electron chi connectivity index (χ0n) is 15.5. The summed E-state index contributed by atoms with van der Waals surface area (Å²) < 4.78 is 0. The number of nitrogens with zero attached hydrogens (tertiary/aromatic N) is 2. The summed E-state index contributed by atoms with van der Waals surface area (Å²) >= 11 is 5.94. The molecule has 0 bridgehead atoms. The van der Waals surface area contributed by atoms with Crippen LogP contribution in [-0.2, 0) is 4.79 Å².